The standard InChI is InChI=1S/C22H25N3O4S/c26-21(11-13-23-22(27)20-9-5-2-6-10-20)24-14-16-25(17-15-24)30(28,29)18-12-19-7-3-1-4-8-19/h1-10,12,18H,11,13-17H2,(H,23,27)/b18-12+. The van der Waals surface area contributed by atoms with Gasteiger partial charge in [0.05, 0.1) is 0 Å². The fraction of sp³-hybridized carbons (Fsp3) is 0.273. The minimum absolute atomic E-state index is 0.0970. The van der Waals surface area contributed by atoms with Crippen molar-refractivity contribution in [2.75, 3.05) is 32.7 Å². The van der Waals surface area contributed by atoms with Gasteiger partial charge in [-0.25, -0.2) is 8.42 Å². The van der Waals surface area contributed by atoms with Crippen molar-refractivity contribution in [3.63, 3.8) is 0 Å². The molecule has 1 saturated heterocycles. The molecule has 7 nitrogen and oxygen atoms in total. The van der Waals surface area contributed by atoms with Crippen LogP contribution in [0, 0.1) is 0 Å². The van der Waals surface area contributed by atoms with E-state index in [1.54, 1.807) is 35.2 Å². The summed E-state index contributed by atoms with van der Waals surface area (Å²) in [5, 5.41) is 3.94. The number of amides is 2. The molecule has 3 rings (SSSR count). The lowest BCUT2D eigenvalue weighted by Crippen LogP contribution is -2.50. The van der Waals surface area contributed by atoms with Gasteiger partial charge in [-0.3, -0.25) is 9.59 Å². The summed E-state index contributed by atoms with van der Waals surface area (Å²) in [7, 11) is -3.53. The molecular weight excluding hydrogens is 402 g/mol. The highest BCUT2D eigenvalue weighted by molar-refractivity contribution is 7.92. The molecule has 0 aromatic heterocycles. The van der Waals surface area contributed by atoms with Crippen molar-refractivity contribution in [1.82, 2.24) is 14.5 Å². The Bertz CT molecular complexity index is 984. The van der Waals surface area contributed by atoms with Gasteiger partial charge >= 0.3 is 0 Å². The Morgan fingerprint density at radius 1 is 0.900 bits per heavy atom. The molecule has 1 aliphatic heterocycles. The Morgan fingerprint density at radius 3 is 2.13 bits per heavy atom. The van der Waals surface area contributed by atoms with Gasteiger partial charge in [0.1, 0.15) is 0 Å². The highest BCUT2D eigenvalue weighted by Gasteiger charge is 2.27. The molecule has 1 fully saturated rings. The van der Waals surface area contributed by atoms with Crippen molar-refractivity contribution < 1.29 is 18.0 Å². The van der Waals surface area contributed by atoms with E-state index in [1.807, 2.05) is 36.4 Å². The van der Waals surface area contributed by atoms with E-state index in [2.05, 4.69) is 5.32 Å². The van der Waals surface area contributed by atoms with Gasteiger partial charge in [0.2, 0.25) is 15.9 Å². The quantitative estimate of drug-likeness (QED) is 0.732. The van der Waals surface area contributed by atoms with Crippen LogP contribution in [0.3, 0.4) is 0 Å². The molecular formula is C22H25N3O4S. The van der Waals surface area contributed by atoms with Crippen LogP contribution >= 0.6 is 0 Å². The maximum atomic E-state index is 12.5. The number of nitrogens with one attached hydrogen (secondary N) is 1. The molecule has 0 radical (unpaired) electrons. The highest BCUT2D eigenvalue weighted by atomic mass is 32.2. The molecule has 0 atom stereocenters. The van der Waals surface area contributed by atoms with E-state index in [4.69, 9.17) is 0 Å². The summed E-state index contributed by atoms with van der Waals surface area (Å²) in [4.78, 5) is 26.0. The second kappa shape index (κ2) is 10.2. The molecule has 2 aromatic rings. The van der Waals surface area contributed by atoms with Gasteiger partial charge in [0, 0.05) is 50.1 Å². The maximum Gasteiger partial charge on any atom is 0.251 e. The van der Waals surface area contributed by atoms with E-state index < -0.39 is 10.0 Å². The van der Waals surface area contributed by atoms with Crippen LogP contribution in [0.4, 0.5) is 0 Å². The van der Waals surface area contributed by atoms with Gasteiger partial charge < -0.3 is 10.2 Å². The van der Waals surface area contributed by atoms with Crippen LogP contribution in [0.15, 0.2) is 66.1 Å². The highest BCUT2D eigenvalue weighted by Crippen LogP contribution is 2.12. The number of hydrogen-bond acceptors (Lipinski definition) is 4. The number of sulfonamides is 1. The lowest BCUT2D eigenvalue weighted by Gasteiger charge is -2.33. The number of carbonyl (C=O) groups is 2. The summed E-state index contributed by atoms with van der Waals surface area (Å²) in [5.74, 6) is -0.315. The number of hydrogen-bond donors (Lipinski definition) is 1. The Kier molecular flexibility index (Phi) is 7.37. The van der Waals surface area contributed by atoms with Crippen LogP contribution in [0.25, 0.3) is 6.08 Å². The predicted octanol–water partition coefficient (Wildman–Crippen LogP) is 1.95. The second-order valence-electron chi connectivity index (χ2n) is 6.91. The average Bonchev–Trinajstić information content (AvgIpc) is 2.79. The van der Waals surface area contributed by atoms with Crippen molar-refractivity contribution in [3.8, 4) is 0 Å². The molecule has 1 aliphatic rings. The fourth-order valence-corrected chi connectivity index (χ4v) is 4.31. The Balaban J connectivity index is 1.43. The third kappa shape index (κ3) is 6.01. The predicted molar refractivity (Wildman–Crippen MR) is 116 cm³/mol. The van der Waals surface area contributed by atoms with E-state index in [-0.39, 0.29) is 37.9 Å². The molecule has 8 heteroatoms. The van der Waals surface area contributed by atoms with E-state index in [0.29, 0.717) is 18.7 Å². The lowest BCUT2D eigenvalue weighted by molar-refractivity contribution is -0.132. The number of nitrogens with zero attached hydrogens (tertiary/aromatic N) is 2. The van der Waals surface area contributed by atoms with Crippen molar-refractivity contribution in [3.05, 3.63) is 77.2 Å². The second-order valence-corrected chi connectivity index (χ2v) is 8.73. The molecule has 158 valence electrons. The van der Waals surface area contributed by atoms with Crippen LogP contribution in [-0.4, -0.2) is 62.2 Å². The largest absolute Gasteiger partial charge is 0.352 e. The van der Waals surface area contributed by atoms with Gasteiger partial charge in [0.25, 0.3) is 5.91 Å². The van der Waals surface area contributed by atoms with Gasteiger partial charge in [-0.05, 0) is 23.8 Å². The molecule has 2 aromatic carbocycles. The monoisotopic (exact) mass is 427 g/mol. The summed E-state index contributed by atoms with van der Waals surface area (Å²) >= 11 is 0. The van der Waals surface area contributed by atoms with Gasteiger partial charge in [-0.2, -0.15) is 4.31 Å². The van der Waals surface area contributed by atoms with E-state index in [0.717, 1.165) is 5.56 Å². The topological polar surface area (TPSA) is 86.8 Å². The fourth-order valence-electron chi connectivity index (χ4n) is 3.14. The van der Waals surface area contributed by atoms with Crippen LogP contribution in [-0.2, 0) is 14.8 Å². The van der Waals surface area contributed by atoms with Crippen molar-refractivity contribution in [2.45, 2.75) is 6.42 Å². The normalized spacial score (nSPS) is 15.3. The van der Waals surface area contributed by atoms with E-state index >= 15 is 0 Å². The minimum atomic E-state index is -3.53. The Labute approximate surface area is 177 Å². The van der Waals surface area contributed by atoms with Crippen LogP contribution in [0.2, 0.25) is 0 Å². The minimum Gasteiger partial charge on any atom is -0.352 e. The Hall–Kier alpha value is -2.97. The average molecular weight is 428 g/mol. The first-order valence-corrected chi connectivity index (χ1v) is 11.3. The Morgan fingerprint density at radius 2 is 1.50 bits per heavy atom. The third-order valence-corrected chi connectivity index (χ3v) is 6.41. The molecule has 30 heavy (non-hydrogen) atoms. The molecule has 1 N–H and O–H groups in total. The van der Waals surface area contributed by atoms with Crippen LogP contribution in [0.5, 0.6) is 0 Å². The van der Waals surface area contributed by atoms with Gasteiger partial charge in [-0.1, -0.05) is 48.5 Å². The van der Waals surface area contributed by atoms with E-state index in [9.17, 15) is 18.0 Å². The van der Waals surface area contributed by atoms with E-state index in [1.165, 1.54) is 9.71 Å². The van der Waals surface area contributed by atoms with Gasteiger partial charge in [0.15, 0.2) is 0 Å². The summed E-state index contributed by atoms with van der Waals surface area (Å²) in [5.41, 5.74) is 1.36. The summed E-state index contributed by atoms with van der Waals surface area (Å²) in [6, 6.07) is 18.0. The third-order valence-electron chi connectivity index (χ3n) is 4.84. The van der Waals surface area contributed by atoms with Crippen molar-refractivity contribution in [1.29, 1.82) is 0 Å². The van der Waals surface area contributed by atoms with Crippen molar-refractivity contribution >= 4 is 27.9 Å². The van der Waals surface area contributed by atoms with Gasteiger partial charge in [-0.15, -0.1) is 0 Å². The number of piperazine rings is 1. The molecule has 1 heterocycles. The summed E-state index contributed by atoms with van der Waals surface area (Å²) in [6.07, 6.45) is 1.75. The molecule has 0 unspecified atom stereocenters. The van der Waals surface area contributed by atoms with Crippen molar-refractivity contribution in [2.24, 2.45) is 0 Å². The SMILES string of the molecule is O=C(NCCC(=O)N1CCN(S(=O)(=O)/C=C/c2ccccc2)CC1)c1ccccc1. The number of rotatable bonds is 7. The zero-order chi connectivity index (χ0) is 21.4. The molecule has 0 bridgehead atoms. The summed E-state index contributed by atoms with van der Waals surface area (Å²) in [6.45, 7) is 1.42. The maximum absolute atomic E-state index is 12.5. The molecule has 0 aliphatic carbocycles. The lowest BCUT2D eigenvalue weighted by atomic mass is 10.2. The number of carbonyl (C=O) groups excluding carboxylic acids is 2. The summed E-state index contributed by atoms with van der Waals surface area (Å²) < 4.78 is 26.4. The smallest absolute Gasteiger partial charge is 0.251 e. The first-order chi connectivity index (χ1) is 14.5. The molecule has 0 spiro atoms. The molecule has 2 amide bonds. The first kappa shape index (κ1) is 21.7. The number of benzene rings is 2. The zero-order valence-electron chi connectivity index (χ0n) is 16.6. The zero-order valence-corrected chi connectivity index (χ0v) is 17.4. The van der Waals surface area contributed by atoms with Crippen LogP contribution < -0.4 is 5.32 Å². The first-order valence-electron chi connectivity index (χ1n) is 9.80. The van der Waals surface area contributed by atoms with Crippen LogP contribution in [0.1, 0.15) is 22.3 Å². The molecule has 0 saturated carbocycles.